The number of aromatic nitrogens is 1. The van der Waals surface area contributed by atoms with E-state index in [0.717, 1.165) is 6.42 Å². The first-order valence-electron chi connectivity index (χ1n) is 7.83. The van der Waals surface area contributed by atoms with Crippen molar-refractivity contribution >= 4 is 29.4 Å². The number of ether oxygens (including phenoxy) is 1. The fraction of sp³-hybridized carbons (Fsp3) is 0.500. The van der Waals surface area contributed by atoms with E-state index in [4.69, 9.17) is 16.3 Å². The minimum absolute atomic E-state index is 0.271. The molecule has 2 heterocycles. The smallest absolute Gasteiger partial charge is 0.328 e. The van der Waals surface area contributed by atoms with Crippen LogP contribution in [0.5, 0.6) is 0 Å². The van der Waals surface area contributed by atoms with Crippen molar-refractivity contribution in [3.8, 4) is 0 Å². The highest BCUT2D eigenvalue weighted by Crippen LogP contribution is 2.19. The van der Waals surface area contributed by atoms with Crippen LogP contribution >= 0.6 is 11.6 Å². The Morgan fingerprint density at radius 1 is 1.46 bits per heavy atom. The molecule has 8 heteroatoms. The Balaban J connectivity index is 1.99. The van der Waals surface area contributed by atoms with E-state index < -0.39 is 24.0 Å². The molecule has 1 aliphatic rings. The Morgan fingerprint density at radius 2 is 2.21 bits per heavy atom. The summed E-state index contributed by atoms with van der Waals surface area (Å²) in [5.41, 5.74) is 0.308. The van der Waals surface area contributed by atoms with Gasteiger partial charge in [-0.25, -0.2) is 9.78 Å². The fourth-order valence-corrected chi connectivity index (χ4v) is 2.73. The predicted molar refractivity (Wildman–Crippen MR) is 87.5 cm³/mol. The van der Waals surface area contributed by atoms with E-state index in [1.54, 1.807) is 13.8 Å². The van der Waals surface area contributed by atoms with Crippen LogP contribution in [0.1, 0.15) is 37.0 Å². The summed E-state index contributed by atoms with van der Waals surface area (Å²) in [6.07, 6.45) is 2.65. The van der Waals surface area contributed by atoms with Gasteiger partial charge in [-0.1, -0.05) is 11.6 Å². The van der Waals surface area contributed by atoms with Gasteiger partial charge in [-0.3, -0.25) is 9.59 Å². The van der Waals surface area contributed by atoms with Crippen molar-refractivity contribution in [2.45, 2.75) is 38.8 Å². The molecule has 0 radical (unpaired) electrons. The second-order valence-electron chi connectivity index (χ2n) is 5.51. The molecule has 0 bridgehead atoms. The van der Waals surface area contributed by atoms with Crippen molar-refractivity contribution in [2.24, 2.45) is 0 Å². The largest absolute Gasteiger partial charge is 0.464 e. The van der Waals surface area contributed by atoms with Crippen LogP contribution < -0.4 is 5.32 Å². The number of esters is 1. The lowest BCUT2D eigenvalue weighted by molar-refractivity contribution is -0.153. The van der Waals surface area contributed by atoms with Gasteiger partial charge in [0.25, 0.3) is 5.91 Å². The summed E-state index contributed by atoms with van der Waals surface area (Å²) in [5, 5.41) is 2.90. The molecule has 1 fully saturated rings. The van der Waals surface area contributed by atoms with Gasteiger partial charge in [-0.2, -0.15) is 0 Å². The number of nitrogens with one attached hydrogen (secondary N) is 1. The number of halogens is 1. The zero-order valence-electron chi connectivity index (χ0n) is 13.6. The highest BCUT2D eigenvalue weighted by atomic mass is 35.5. The molecule has 0 unspecified atom stereocenters. The number of rotatable bonds is 5. The van der Waals surface area contributed by atoms with E-state index in [2.05, 4.69) is 10.3 Å². The van der Waals surface area contributed by atoms with Crippen molar-refractivity contribution in [3.63, 3.8) is 0 Å². The number of pyridine rings is 1. The zero-order chi connectivity index (χ0) is 17.7. The van der Waals surface area contributed by atoms with Crippen LogP contribution in [-0.2, 0) is 14.3 Å². The Kier molecular flexibility index (Phi) is 6.14. The number of likely N-dealkylation sites (tertiary alicyclic amines) is 1. The van der Waals surface area contributed by atoms with Crippen molar-refractivity contribution in [2.75, 3.05) is 13.2 Å². The molecule has 1 saturated heterocycles. The number of carbonyl (C=O) groups excluding carboxylic acids is 3. The highest BCUT2D eigenvalue weighted by molar-refractivity contribution is 6.29. The lowest BCUT2D eigenvalue weighted by Gasteiger charge is -2.26. The quantitative estimate of drug-likeness (QED) is 0.638. The summed E-state index contributed by atoms with van der Waals surface area (Å²) in [4.78, 5) is 41.9. The molecule has 1 N–H and O–H groups in total. The summed E-state index contributed by atoms with van der Waals surface area (Å²) in [6.45, 7) is 4.06. The molecule has 0 saturated carbocycles. The number of hydrogen-bond acceptors (Lipinski definition) is 5. The molecular weight excluding hydrogens is 334 g/mol. The third kappa shape index (κ3) is 4.23. The van der Waals surface area contributed by atoms with Crippen LogP contribution in [0.3, 0.4) is 0 Å². The summed E-state index contributed by atoms with van der Waals surface area (Å²) in [6, 6.07) is 1.69. The SMILES string of the molecule is CCOC(=O)[C@@H]1CCCN1C(=O)[C@H](C)NC(=O)c1ccc(Cl)nc1. The van der Waals surface area contributed by atoms with Gasteiger partial charge in [0.1, 0.15) is 17.2 Å². The number of carbonyl (C=O) groups is 3. The first-order chi connectivity index (χ1) is 11.4. The van der Waals surface area contributed by atoms with E-state index in [-0.39, 0.29) is 17.7 Å². The predicted octanol–water partition coefficient (Wildman–Crippen LogP) is 1.41. The molecule has 0 spiro atoms. The Hall–Kier alpha value is -2.15. The number of hydrogen-bond donors (Lipinski definition) is 1. The van der Waals surface area contributed by atoms with Crippen LogP contribution in [0, 0.1) is 0 Å². The summed E-state index contributed by atoms with van der Waals surface area (Å²) < 4.78 is 5.01. The number of amides is 2. The topological polar surface area (TPSA) is 88.6 Å². The lowest BCUT2D eigenvalue weighted by Crippen LogP contribution is -2.50. The molecule has 7 nitrogen and oxygen atoms in total. The van der Waals surface area contributed by atoms with E-state index in [0.29, 0.717) is 18.5 Å². The van der Waals surface area contributed by atoms with E-state index >= 15 is 0 Å². The number of nitrogens with zero attached hydrogens (tertiary/aromatic N) is 2. The molecule has 1 aromatic rings. The Bertz CT molecular complexity index is 620. The summed E-state index contributed by atoms with van der Waals surface area (Å²) in [5.74, 6) is -1.13. The minimum Gasteiger partial charge on any atom is -0.464 e. The maximum atomic E-state index is 12.6. The van der Waals surface area contributed by atoms with Gasteiger partial charge in [0, 0.05) is 12.7 Å². The fourth-order valence-electron chi connectivity index (χ4n) is 2.61. The zero-order valence-corrected chi connectivity index (χ0v) is 14.4. The standard InChI is InChI=1S/C16H20ClN3O4/c1-3-24-16(23)12-5-4-8-20(12)15(22)10(2)19-14(21)11-6-7-13(17)18-9-11/h6-7,9-10,12H,3-5,8H2,1-2H3,(H,19,21)/t10-,12-/m0/s1. The minimum atomic E-state index is -0.761. The van der Waals surface area contributed by atoms with E-state index in [1.165, 1.54) is 23.2 Å². The third-order valence-electron chi connectivity index (χ3n) is 3.80. The molecule has 24 heavy (non-hydrogen) atoms. The molecule has 2 amide bonds. The molecule has 0 aliphatic carbocycles. The van der Waals surface area contributed by atoms with Gasteiger partial charge in [-0.05, 0) is 38.8 Å². The summed E-state index contributed by atoms with van der Waals surface area (Å²) in [7, 11) is 0. The third-order valence-corrected chi connectivity index (χ3v) is 4.03. The van der Waals surface area contributed by atoms with Gasteiger partial charge >= 0.3 is 5.97 Å². The second-order valence-corrected chi connectivity index (χ2v) is 5.89. The molecular formula is C16H20ClN3O4. The van der Waals surface area contributed by atoms with Gasteiger partial charge in [0.15, 0.2) is 0 Å². The molecule has 1 aliphatic heterocycles. The molecule has 0 aromatic carbocycles. The molecule has 2 rings (SSSR count). The maximum Gasteiger partial charge on any atom is 0.328 e. The molecule has 1 aromatic heterocycles. The maximum absolute atomic E-state index is 12.6. The normalized spacial score (nSPS) is 18.1. The molecule has 130 valence electrons. The van der Waals surface area contributed by atoms with Gasteiger partial charge in [0.2, 0.25) is 5.91 Å². The van der Waals surface area contributed by atoms with E-state index in [1.807, 2.05) is 0 Å². The van der Waals surface area contributed by atoms with Crippen molar-refractivity contribution < 1.29 is 19.1 Å². The van der Waals surface area contributed by atoms with Crippen LogP contribution in [-0.4, -0.2) is 52.9 Å². The van der Waals surface area contributed by atoms with E-state index in [9.17, 15) is 14.4 Å². The molecule has 2 atom stereocenters. The van der Waals surface area contributed by atoms with Gasteiger partial charge in [-0.15, -0.1) is 0 Å². The Labute approximate surface area is 145 Å². The van der Waals surface area contributed by atoms with Crippen LogP contribution in [0.2, 0.25) is 5.15 Å². The van der Waals surface area contributed by atoms with Crippen molar-refractivity contribution in [3.05, 3.63) is 29.0 Å². The highest BCUT2D eigenvalue weighted by Gasteiger charge is 2.37. The van der Waals surface area contributed by atoms with Crippen molar-refractivity contribution in [1.82, 2.24) is 15.2 Å². The average molecular weight is 354 g/mol. The first-order valence-corrected chi connectivity index (χ1v) is 8.21. The lowest BCUT2D eigenvalue weighted by atomic mass is 10.2. The van der Waals surface area contributed by atoms with Crippen LogP contribution in [0.15, 0.2) is 18.3 Å². The van der Waals surface area contributed by atoms with Crippen LogP contribution in [0.4, 0.5) is 0 Å². The van der Waals surface area contributed by atoms with Crippen LogP contribution in [0.25, 0.3) is 0 Å². The van der Waals surface area contributed by atoms with Gasteiger partial charge in [0.05, 0.1) is 12.2 Å². The monoisotopic (exact) mass is 353 g/mol. The van der Waals surface area contributed by atoms with Gasteiger partial charge < -0.3 is 15.0 Å². The van der Waals surface area contributed by atoms with Crippen molar-refractivity contribution in [1.29, 1.82) is 0 Å². The Morgan fingerprint density at radius 3 is 2.83 bits per heavy atom. The first kappa shape index (κ1) is 18.2. The average Bonchev–Trinajstić information content (AvgIpc) is 3.04. The summed E-state index contributed by atoms with van der Waals surface area (Å²) >= 11 is 5.68. The second kappa shape index (κ2) is 8.10.